The van der Waals surface area contributed by atoms with Gasteiger partial charge in [-0.25, -0.2) is 0 Å². The zero-order valence-corrected chi connectivity index (χ0v) is 10.3. The molecule has 0 saturated heterocycles. The van der Waals surface area contributed by atoms with Gasteiger partial charge in [0.25, 0.3) is 0 Å². The molecule has 1 aromatic carbocycles. The van der Waals surface area contributed by atoms with Gasteiger partial charge in [-0.15, -0.1) is 0 Å². The quantitative estimate of drug-likeness (QED) is 0.869. The molecule has 2 nitrogen and oxygen atoms in total. The van der Waals surface area contributed by atoms with Crippen LogP contribution < -0.4 is 5.32 Å². The van der Waals surface area contributed by atoms with Gasteiger partial charge >= 0.3 is 0 Å². The Morgan fingerprint density at radius 2 is 2.06 bits per heavy atom. The first-order chi connectivity index (χ1) is 7.81. The Bertz CT molecular complexity index is 380. The van der Waals surface area contributed by atoms with Crippen LogP contribution in [0.5, 0.6) is 0 Å². The first-order valence-electron chi connectivity index (χ1n) is 5.61. The summed E-state index contributed by atoms with van der Waals surface area (Å²) in [6.45, 7) is 0. The van der Waals surface area contributed by atoms with Gasteiger partial charge in [-0.2, -0.15) is 17.0 Å². The zero-order chi connectivity index (χ0) is 11.4. The fourth-order valence-corrected chi connectivity index (χ4v) is 2.96. The molecule has 1 aliphatic carbocycles. The van der Waals surface area contributed by atoms with E-state index in [4.69, 9.17) is 5.26 Å². The predicted octanol–water partition coefficient (Wildman–Crippen LogP) is 3.25. The fourth-order valence-electron chi connectivity index (χ4n) is 2.16. The van der Waals surface area contributed by atoms with Gasteiger partial charge in [-0.05, 0) is 49.8 Å². The number of rotatable bonds is 3. The lowest BCUT2D eigenvalue weighted by molar-refractivity contribution is 0.757. The van der Waals surface area contributed by atoms with E-state index in [1.165, 1.54) is 19.3 Å². The van der Waals surface area contributed by atoms with Gasteiger partial charge in [-0.1, -0.05) is 0 Å². The van der Waals surface area contributed by atoms with Crippen LogP contribution in [0.1, 0.15) is 24.8 Å². The van der Waals surface area contributed by atoms with E-state index >= 15 is 0 Å². The minimum Gasteiger partial charge on any atom is -0.382 e. The Morgan fingerprint density at radius 3 is 2.62 bits per heavy atom. The summed E-state index contributed by atoms with van der Waals surface area (Å²) in [5, 5.41) is 13.1. The number of hydrogen-bond donors (Lipinski definition) is 1. The van der Waals surface area contributed by atoms with Crippen molar-refractivity contribution in [1.82, 2.24) is 0 Å². The Kier molecular flexibility index (Phi) is 3.74. The van der Waals surface area contributed by atoms with Gasteiger partial charge in [0.05, 0.1) is 11.6 Å². The lowest BCUT2D eigenvalue weighted by atomic mass is 10.2. The van der Waals surface area contributed by atoms with Crippen molar-refractivity contribution in [3.8, 4) is 6.07 Å². The number of thioether (sulfide) groups is 1. The molecule has 0 radical (unpaired) electrons. The van der Waals surface area contributed by atoms with Crippen molar-refractivity contribution in [2.75, 3.05) is 11.6 Å². The van der Waals surface area contributed by atoms with E-state index in [2.05, 4.69) is 17.6 Å². The molecule has 0 amide bonds. The monoisotopic (exact) mass is 232 g/mol. The van der Waals surface area contributed by atoms with Crippen LogP contribution in [-0.2, 0) is 0 Å². The Balaban J connectivity index is 1.92. The third-order valence-electron chi connectivity index (χ3n) is 3.10. The van der Waals surface area contributed by atoms with E-state index in [0.29, 0.717) is 6.04 Å². The number of nitrogens with one attached hydrogen (secondary N) is 1. The second kappa shape index (κ2) is 5.27. The maximum Gasteiger partial charge on any atom is 0.0991 e. The standard InChI is InChI=1S/C13H16N2S/c1-16-13-7-6-12(8-13)15-11-4-2-10(9-14)3-5-11/h2-5,12-13,15H,6-8H2,1H3. The Hall–Kier alpha value is -1.14. The molecular weight excluding hydrogens is 216 g/mol. The summed E-state index contributed by atoms with van der Waals surface area (Å²) in [6, 6.07) is 10.4. The second-order valence-corrected chi connectivity index (χ2v) is 5.34. The fraction of sp³-hybridized carbons (Fsp3) is 0.462. The van der Waals surface area contributed by atoms with Gasteiger partial charge in [0, 0.05) is 17.0 Å². The SMILES string of the molecule is CSC1CCC(Nc2ccc(C#N)cc2)C1. The number of benzene rings is 1. The number of hydrogen-bond acceptors (Lipinski definition) is 3. The van der Waals surface area contributed by atoms with Gasteiger partial charge in [0.1, 0.15) is 0 Å². The van der Waals surface area contributed by atoms with E-state index in [1.807, 2.05) is 36.0 Å². The highest BCUT2D eigenvalue weighted by Crippen LogP contribution is 2.30. The number of nitrogens with zero attached hydrogens (tertiary/aromatic N) is 1. The molecular formula is C13H16N2S. The maximum absolute atomic E-state index is 8.71. The van der Waals surface area contributed by atoms with E-state index in [1.54, 1.807) is 0 Å². The molecule has 0 aliphatic heterocycles. The van der Waals surface area contributed by atoms with Crippen LogP contribution in [0.25, 0.3) is 0 Å². The summed E-state index contributed by atoms with van der Waals surface area (Å²) in [6.07, 6.45) is 6.01. The minimum absolute atomic E-state index is 0.602. The largest absolute Gasteiger partial charge is 0.382 e. The lowest BCUT2D eigenvalue weighted by Crippen LogP contribution is -2.15. The number of anilines is 1. The molecule has 1 aromatic rings. The molecule has 0 aromatic heterocycles. The third-order valence-corrected chi connectivity index (χ3v) is 4.20. The molecule has 1 aliphatic rings. The average Bonchev–Trinajstić information content (AvgIpc) is 2.78. The molecule has 1 N–H and O–H groups in total. The third kappa shape index (κ3) is 2.70. The molecule has 84 valence electrons. The summed E-state index contributed by atoms with van der Waals surface area (Å²) in [5.41, 5.74) is 1.85. The maximum atomic E-state index is 8.71. The predicted molar refractivity (Wildman–Crippen MR) is 69.7 cm³/mol. The second-order valence-electron chi connectivity index (χ2n) is 4.20. The summed E-state index contributed by atoms with van der Waals surface area (Å²) >= 11 is 1.97. The summed E-state index contributed by atoms with van der Waals surface area (Å²) in [7, 11) is 0. The van der Waals surface area contributed by atoms with Crippen LogP contribution in [0.15, 0.2) is 24.3 Å². The summed E-state index contributed by atoms with van der Waals surface area (Å²) in [5.74, 6) is 0. The van der Waals surface area contributed by atoms with Gasteiger partial charge in [0.2, 0.25) is 0 Å². The highest BCUT2D eigenvalue weighted by atomic mass is 32.2. The number of nitriles is 1. The van der Waals surface area contributed by atoms with Crippen LogP contribution in [0.4, 0.5) is 5.69 Å². The van der Waals surface area contributed by atoms with E-state index in [-0.39, 0.29) is 0 Å². The highest BCUT2D eigenvalue weighted by molar-refractivity contribution is 7.99. The average molecular weight is 232 g/mol. The van der Waals surface area contributed by atoms with Crippen LogP contribution in [0.3, 0.4) is 0 Å². The van der Waals surface area contributed by atoms with Crippen molar-refractivity contribution < 1.29 is 0 Å². The van der Waals surface area contributed by atoms with E-state index in [0.717, 1.165) is 16.5 Å². The molecule has 2 atom stereocenters. The topological polar surface area (TPSA) is 35.8 Å². The van der Waals surface area contributed by atoms with Crippen molar-refractivity contribution in [3.05, 3.63) is 29.8 Å². The lowest BCUT2D eigenvalue weighted by Gasteiger charge is -2.14. The molecule has 1 saturated carbocycles. The highest BCUT2D eigenvalue weighted by Gasteiger charge is 2.23. The summed E-state index contributed by atoms with van der Waals surface area (Å²) in [4.78, 5) is 0. The smallest absolute Gasteiger partial charge is 0.0991 e. The molecule has 2 unspecified atom stereocenters. The first-order valence-corrected chi connectivity index (χ1v) is 6.90. The molecule has 0 spiro atoms. The first kappa shape index (κ1) is 11.3. The minimum atomic E-state index is 0.602. The summed E-state index contributed by atoms with van der Waals surface area (Å²) < 4.78 is 0. The van der Waals surface area contributed by atoms with Crippen molar-refractivity contribution in [1.29, 1.82) is 5.26 Å². The van der Waals surface area contributed by atoms with Crippen LogP contribution >= 0.6 is 11.8 Å². The van der Waals surface area contributed by atoms with E-state index < -0.39 is 0 Å². The van der Waals surface area contributed by atoms with Crippen LogP contribution in [0.2, 0.25) is 0 Å². The van der Waals surface area contributed by atoms with Crippen LogP contribution in [0, 0.1) is 11.3 Å². The molecule has 1 fully saturated rings. The van der Waals surface area contributed by atoms with Crippen molar-refractivity contribution in [2.45, 2.75) is 30.6 Å². The van der Waals surface area contributed by atoms with E-state index in [9.17, 15) is 0 Å². The van der Waals surface area contributed by atoms with Gasteiger partial charge < -0.3 is 5.32 Å². The van der Waals surface area contributed by atoms with Crippen LogP contribution in [-0.4, -0.2) is 17.5 Å². The van der Waals surface area contributed by atoms with Crippen molar-refractivity contribution in [2.24, 2.45) is 0 Å². The molecule has 2 rings (SSSR count). The van der Waals surface area contributed by atoms with Gasteiger partial charge in [0.15, 0.2) is 0 Å². The zero-order valence-electron chi connectivity index (χ0n) is 9.44. The molecule has 0 bridgehead atoms. The van der Waals surface area contributed by atoms with Crippen molar-refractivity contribution in [3.63, 3.8) is 0 Å². The normalized spacial score (nSPS) is 24.0. The Labute approximate surface area is 101 Å². The van der Waals surface area contributed by atoms with Gasteiger partial charge in [-0.3, -0.25) is 0 Å². The molecule has 3 heteroatoms. The molecule has 0 heterocycles. The Morgan fingerprint density at radius 1 is 1.31 bits per heavy atom. The molecule has 16 heavy (non-hydrogen) atoms. The van der Waals surface area contributed by atoms with Crippen molar-refractivity contribution >= 4 is 17.4 Å².